The van der Waals surface area contributed by atoms with Crippen molar-refractivity contribution in [3.63, 3.8) is 0 Å². The minimum atomic E-state index is -4.70. The van der Waals surface area contributed by atoms with Gasteiger partial charge in [0.2, 0.25) is 0 Å². The normalized spacial score (nSPS) is 36.1. The van der Waals surface area contributed by atoms with Gasteiger partial charge in [-0.2, -0.15) is 13.2 Å². The van der Waals surface area contributed by atoms with Crippen molar-refractivity contribution < 1.29 is 28.3 Å². The molecule has 5 rings (SSSR count). The first-order valence-electron chi connectivity index (χ1n) is 11.7. The minimum Gasteiger partial charge on any atom is -0.411 e. The SMILES string of the molecule is C[C@]12C[C@H](c3ccc(/C=N/O)cc3)C3=C4CCC(=O)C(Br)=C4CCC3C1CC[C@@]2(O)C(F)(F)F. The number of halogens is 4. The van der Waals surface area contributed by atoms with Crippen LogP contribution in [0.15, 0.2) is 50.6 Å². The predicted octanol–water partition coefficient (Wildman–Crippen LogP) is 6.41. The lowest BCUT2D eigenvalue weighted by Crippen LogP contribution is -2.58. The van der Waals surface area contributed by atoms with Crippen LogP contribution in [0.2, 0.25) is 0 Å². The number of nitrogens with zero attached hydrogens (tertiary/aromatic N) is 1. The monoisotopic (exact) mass is 537 g/mol. The molecule has 1 aromatic rings. The molecule has 34 heavy (non-hydrogen) atoms. The van der Waals surface area contributed by atoms with Crippen molar-refractivity contribution >= 4 is 27.9 Å². The molecular weight excluding hydrogens is 511 g/mol. The maximum absolute atomic E-state index is 14.3. The summed E-state index contributed by atoms with van der Waals surface area (Å²) in [6, 6.07) is 7.32. The molecule has 2 N–H and O–H groups in total. The third-order valence-corrected chi connectivity index (χ3v) is 9.93. The van der Waals surface area contributed by atoms with E-state index in [9.17, 15) is 23.1 Å². The second kappa shape index (κ2) is 8.05. The summed E-state index contributed by atoms with van der Waals surface area (Å²) in [5.74, 6) is -0.547. The lowest BCUT2D eigenvalue weighted by Gasteiger charge is -2.55. The van der Waals surface area contributed by atoms with Crippen LogP contribution in [0.25, 0.3) is 0 Å². The van der Waals surface area contributed by atoms with E-state index in [4.69, 9.17) is 5.21 Å². The van der Waals surface area contributed by atoms with Gasteiger partial charge in [-0.15, -0.1) is 0 Å². The van der Waals surface area contributed by atoms with E-state index in [1.165, 1.54) is 6.21 Å². The standard InChI is InChI=1S/C26H27BrF3NO3/c1-24-12-19(15-4-2-14(3-5-15)13-31-34)22-16-8-9-21(32)23(27)17(16)6-7-18(22)20(24)10-11-25(24,33)26(28,29)30/h2-5,13,18-20,33-34H,6-12H2,1H3/b31-13+/t18?,19-,20?,24+,25+/m1/s1. The first kappa shape index (κ1) is 23.8. The summed E-state index contributed by atoms with van der Waals surface area (Å²) in [6.07, 6.45) is -0.815. The maximum Gasteiger partial charge on any atom is 0.417 e. The molecule has 4 nitrogen and oxygen atoms in total. The Kier molecular flexibility index (Phi) is 5.63. The van der Waals surface area contributed by atoms with Gasteiger partial charge in [0.05, 0.1) is 10.7 Å². The van der Waals surface area contributed by atoms with Gasteiger partial charge in [0.25, 0.3) is 0 Å². The molecule has 0 saturated heterocycles. The number of alkyl halides is 3. The van der Waals surface area contributed by atoms with Crippen LogP contribution >= 0.6 is 15.9 Å². The Morgan fingerprint density at radius 3 is 2.47 bits per heavy atom. The molecule has 2 fully saturated rings. The molecule has 0 amide bonds. The smallest absolute Gasteiger partial charge is 0.411 e. The Balaban J connectivity index is 1.70. The molecule has 0 heterocycles. The number of Topliss-reactive ketones (excluding diaryl/α,β-unsaturated/α-hetero) is 1. The number of rotatable bonds is 2. The van der Waals surface area contributed by atoms with Crippen LogP contribution in [-0.2, 0) is 4.79 Å². The number of aliphatic hydroxyl groups is 1. The summed E-state index contributed by atoms with van der Waals surface area (Å²) < 4.78 is 43.4. The van der Waals surface area contributed by atoms with E-state index in [1.54, 1.807) is 19.1 Å². The first-order chi connectivity index (χ1) is 16.0. The van der Waals surface area contributed by atoms with Crippen LogP contribution in [-0.4, -0.2) is 34.1 Å². The Hall–Kier alpha value is -1.93. The Morgan fingerprint density at radius 2 is 1.82 bits per heavy atom. The minimum absolute atomic E-state index is 0.0638. The average Bonchev–Trinajstić information content (AvgIpc) is 3.08. The molecule has 0 aliphatic heterocycles. The van der Waals surface area contributed by atoms with E-state index >= 15 is 0 Å². The number of hydrogen-bond donors (Lipinski definition) is 2. The zero-order valence-electron chi connectivity index (χ0n) is 18.8. The van der Waals surface area contributed by atoms with Crippen molar-refractivity contribution in [2.24, 2.45) is 22.4 Å². The fourth-order valence-electron chi connectivity index (χ4n) is 7.36. The summed E-state index contributed by atoms with van der Waals surface area (Å²) >= 11 is 3.50. The van der Waals surface area contributed by atoms with Gasteiger partial charge in [-0.1, -0.05) is 41.9 Å². The molecule has 4 aliphatic rings. The number of carbonyl (C=O) groups is 1. The van der Waals surface area contributed by atoms with Crippen LogP contribution in [0.4, 0.5) is 13.2 Å². The van der Waals surface area contributed by atoms with E-state index in [1.807, 2.05) is 12.1 Å². The molecule has 8 heteroatoms. The average molecular weight is 538 g/mol. The van der Waals surface area contributed by atoms with Crippen LogP contribution in [0, 0.1) is 17.3 Å². The van der Waals surface area contributed by atoms with Gasteiger partial charge in [0.15, 0.2) is 11.4 Å². The first-order valence-corrected chi connectivity index (χ1v) is 12.5. The number of oxime groups is 1. The second-order valence-electron chi connectivity index (χ2n) is 10.4. The fourth-order valence-corrected chi connectivity index (χ4v) is 8.00. The van der Waals surface area contributed by atoms with Crippen LogP contribution in [0.1, 0.15) is 68.9 Å². The van der Waals surface area contributed by atoms with Gasteiger partial charge in [-0.3, -0.25) is 4.79 Å². The zero-order chi connectivity index (χ0) is 24.5. The highest BCUT2D eigenvalue weighted by molar-refractivity contribution is 9.12. The molecular formula is C26H27BrF3NO3. The molecule has 2 unspecified atom stereocenters. The summed E-state index contributed by atoms with van der Waals surface area (Å²) in [7, 11) is 0. The summed E-state index contributed by atoms with van der Waals surface area (Å²) in [5.41, 5.74) is 0.822. The molecule has 1 aromatic carbocycles. The Bertz CT molecular complexity index is 1120. The van der Waals surface area contributed by atoms with Crippen molar-refractivity contribution in [2.45, 2.75) is 69.6 Å². The number of benzene rings is 1. The lowest BCUT2D eigenvalue weighted by molar-refractivity contribution is -0.299. The molecule has 0 spiro atoms. The van der Waals surface area contributed by atoms with Gasteiger partial charge < -0.3 is 10.3 Å². The Morgan fingerprint density at radius 1 is 1.12 bits per heavy atom. The Labute approximate surface area is 204 Å². The fraction of sp³-hybridized carbons (Fsp3) is 0.538. The number of carbonyl (C=O) groups excluding carboxylic acids is 1. The molecule has 0 radical (unpaired) electrons. The van der Waals surface area contributed by atoms with E-state index in [2.05, 4.69) is 21.1 Å². The van der Waals surface area contributed by atoms with Crippen molar-refractivity contribution in [1.82, 2.24) is 0 Å². The predicted molar refractivity (Wildman–Crippen MR) is 125 cm³/mol. The van der Waals surface area contributed by atoms with Crippen LogP contribution < -0.4 is 0 Å². The van der Waals surface area contributed by atoms with Crippen molar-refractivity contribution in [3.05, 3.63) is 56.6 Å². The van der Waals surface area contributed by atoms with Crippen molar-refractivity contribution in [2.75, 3.05) is 0 Å². The molecule has 0 bridgehead atoms. The van der Waals surface area contributed by atoms with Gasteiger partial charge in [-0.25, -0.2) is 0 Å². The van der Waals surface area contributed by atoms with Gasteiger partial charge >= 0.3 is 6.18 Å². The number of ketones is 1. The van der Waals surface area contributed by atoms with Gasteiger partial charge in [0.1, 0.15) is 0 Å². The van der Waals surface area contributed by atoms with Crippen LogP contribution in [0.3, 0.4) is 0 Å². The van der Waals surface area contributed by atoms with Gasteiger partial charge in [-0.05, 0) is 88.6 Å². The van der Waals surface area contributed by atoms with E-state index in [0.717, 1.165) is 22.3 Å². The van der Waals surface area contributed by atoms with Crippen molar-refractivity contribution in [3.8, 4) is 0 Å². The highest BCUT2D eigenvalue weighted by Gasteiger charge is 2.72. The maximum atomic E-state index is 14.3. The van der Waals surface area contributed by atoms with E-state index in [-0.39, 0.29) is 36.4 Å². The summed E-state index contributed by atoms with van der Waals surface area (Å²) in [5, 5.41) is 23.0. The topological polar surface area (TPSA) is 69.9 Å². The molecule has 4 aliphatic carbocycles. The van der Waals surface area contributed by atoms with Gasteiger partial charge in [0, 0.05) is 17.8 Å². The highest BCUT2D eigenvalue weighted by Crippen LogP contribution is 2.69. The number of hydrogen-bond acceptors (Lipinski definition) is 4. The van der Waals surface area contributed by atoms with E-state index < -0.39 is 17.2 Å². The molecule has 182 valence electrons. The molecule has 2 saturated carbocycles. The largest absolute Gasteiger partial charge is 0.417 e. The third-order valence-electron chi connectivity index (χ3n) is 9.01. The zero-order valence-corrected chi connectivity index (χ0v) is 20.4. The third kappa shape index (κ3) is 3.28. The number of allylic oxidation sites excluding steroid dienone is 4. The summed E-state index contributed by atoms with van der Waals surface area (Å²) in [4.78, 5) is 12.4. The molecule has 5 atom stereocenters. The molecule has 0 aromatic heterocycles. The lowest BCUT2D eigenvalue weighted by atomic mass is 9.51. The summed E-state index contributed by atoms with van der Waals surface area (Å²) in [6.45, 7) is 1.63. The van der Waals surface area contributed by atoms with Crippen LogP contribution in [0.5, 0.6) is 0 Å². The number of fused-ring (bicyclic) bond motifs is 4. The second-order valence-corrected chi connectivity index (χ2v) is 11.2. The highest BCUT2D eigenvalue weighted by atomic mass is 79.9. The quantitative estimate of drug-likeness (QED) is 0.260. The van der Waals surface area contributed by atoms with E-state index in [0.29, 0.717) is 42.1 Å². The van der Waals surface area contributed by atoms with Crippen molar-refractivity contribution in [1.29, 1.82) is 0 Å².